The van der Waals surface area contributed by atoms with Crippen molar-refractivity contribution in [3.63, 3.8) is 0 Å². The van der Waals surface area contributed by atoms with Gasteiger partial charge in [-0.1, -0.05) is 41.4 Å². The van der Waals surface area contributed by atoms with E-state index in [9.17, 15) is 13.2 Å². The van der Waals surface area contributed by atoms with Gasteiger partial charge in [0.15, 0.2) is 0 Å². The monoisotopic (exact) mass is 347 g/mol. The van der Waals surface area contributed by atoms with Crippen LogP contribution >= 0.6 is 23.2 Å². The quantitative estimate of drug-likeness (QED) is 0.851. The fourth-order valence-electron chi connectivity index (χ4n) is 2.18. The number of hydrogen-bond acceptors (Lipinski definition) is 3. The molecule has 1 aromatic rings. The third-order valence-electron chi connectivity index (χ3n) is 3.39. The van der Waals surface area contributed by atoms with E-state index in [0.29, 0.717) is 18.4 Å². The summed E-state index contributed by atoms with van der Waals surface area (Å²) in [5, 5.41) is 0.0285. The molecule has 1 amide bonds. The van der Waals surface area contributed by atoms with Crippen molar-refractivity contribution >= 4 is 39.1 Å². The molecule has 2 rings (SSSR count). The lowest BCUT2D eigenvalue weighted by Gasteiger charge is -2.18. The van der Waals surface area contributed by atoms with E-state index < -0.39 is 15.9 Å². The van der Waals surface area contributed by atoms with Gasteiger partial charge in [-0.25, -0.2) is 13.1 Å². The van der Waals surface area contributed by atoms with Gasteiger partial charge in [0, 0.05) is 5.92 Å². The fraction of sp³-hybridized carbons (Fsp3) is 0.357. The summed E-state index contributed by atoms with van der Waals surface area (Å²) in [6, 6.07) is 3.07. The number of hydrogen-bond donors (Lipinski definition) is 1. The molecule has 1 N–H and O–H groups in total. The number of aryl methyl sites for hydroxylation is 1. The number of benzene rings is 1. The summed E-state index contributed by atoms with van der Waals surface area (Å²) in [4.78, 5) is 11.8. The first kappa shape index (κ1) is 16.3. The van der Waals surface area contributed by atoms with E-state index in [1.165, 1.54) is 6.07 Å². The minimum absolute atomic E-state index is 0.00515. The van der Waals surface area contributed by atoms with Crippen molar-refractivity contribution < 1.29 is 13.2 Å². The van der Waals surface area contributed by atoms with Crippen molar-refractivity contribution in [1.29, 1.82) is 0 Å². The Labute approximate surface area is 134 Å². The van der Waals surface area contributed by atoms with Crippen LogP contribution in [0.3, 0.4) is 0 Å². The van der Waals surface area contributed by atoms with E-state index in [2.05, 4.69) is 4.72 Å². The minimum Gasteiger partial charge on any atom is -0.274 e. The van der Waals surface area contributed by atoms with Gasteiger partial charge in [-0.05, 0) is 37.8 Å². The van der Waals surface area contributed by atoms with Crippen LogP contribution in [0.25, 0.3) is 0 Å². The molecule has 7 heteroatoms. The molecule has 1 atom stereocenters. The van der Waals surface area contributed by atoms with Gasteiger partial charge < -0.3 is 0 Å². The molecule has 4 nitrogen and oxygen atoms in total. The Morgan fingerprint density at radius 1 is 1.29 bits per heavy atom. The molecule has 0 spiro atoms. The Kier molecular flexibility index (Phi) is 4.96. The first-order valence-corrected chi connectivity index (χ1v) is 8.73. The summed E-state index contributed by atoms with van der Waals surface area (Å²) in [5.74, 6) is -0.861. The van der Waals surface area contributed by atoms with Gasteiger partial charge in [0.25, 0.3) is 10.0 Å². The van der Waals surface area contributed by atoms with Crippen molar-refractivity contribution in [2.75, 3.05) is 0 Å². The molecule has 0 heterocycles. The number of carbonyl (C=O) groups excluding carboxylic acids is 1. The summed E-state index contributed by atoms with van der Waals surface area (Å²) < 4.78 is 26.8. The van der Waals surface area contributed by atoms with Gasteiger partial charge in [0.05, 0.1) is 10.0 Å². The lowest BCUT2D eigenvalue weighted by molar-refractivity contribution is -0.123. The van der Waals surface area contributed by atoms with Gasteiger partial charge in [-0.3, -0.25) is 4.79 Å². The van der Waals surface area contributed by atoms with Crippen molar-refractivity contribution in [3.8, 4) is 0 Å². The van der Waals surface area contributed by atoms with Gasteiger partial charge >= 0.3 is 0 Å². The number of rotatable bonds is 3. The topological polar surface area (TPSA) is 63.2 Å². The first-order chi connectivity index (χ1) is 9.83. The molecular weight excluding hydrogens is 333 g/mol. The second-order valence-electron chi connectivity index (χ2n) is 4.96. The van der Waals surface area contributed by atoms with E-state index in [1.54, 1.807) is 13.0 Å². The molecule has 0 aromatic heterocycles. The van der Waals surface area contributed by atoms with Crippen LogP contribution in [0.15, 0.2) is 29.2 Å². The maximum atomic E-state index is 12.4. The zero-order valence-electron chi connectivity index (χ0n) is 11.4. The Bertz CT molecular complexity index is 698. The average molecular weight is 348 g/mol. The lowest BCUT2D eigenvalue weighted by Crippen LogP contribution is -2.36. The zero-order valence-corrected chi connectivity index (χ0v) is 13.7. The summed E-state index contributed by atoms with van der Waals surface area (Å²) >= 11 is 12.0. The standard InChI is InChI=1S/C14H15Cl2NO3S/c1-9-7-8-11(15)13(12(9)16)21(19,20)17-14(18)10-5-3-2-4-6-10/h2-3,7-8,10H,4-6H2,1H3,(H,17,18). The van der Waals surface area contributed by atoms with Gasteiger partial charge in [0.2, 0.25) is 5.91 Å². The number of carbonyl (C=O) groups is 1. The molecule has 0 saturated carbocycles. The lowest BCUT2D eigenvalue weighted by atomic mass is 9.94. The van der Waals surface area contributed by atoms with Gasteiger partial charge in [0.1, 0.15) is 4.90 Å². The van der Waals surface area contributed by atoms with Crippen LogP contribution < -0.4 is 4.72 Å². The Hall–Kier alpha value is -1.04. The molecule has 1 unspecified atom stereocenters. The first-order valence-electron chi connectivity index (χ1n) is 6.49. The third-order valence-corrected chi connectivity index (χ3v) is 5.84. The molecule has 0 bridgehead atoms. The van der Waals surface area contributed by atoms with E-state index in [4.69, 9.17) is 23.2 Å². The molecule has 0 radical (unpaired) electrons. The maximum Gasteiger partial charge on any atom is 0.267 e. The van der Waals surface area contributed by atoms with Crippen LogP contribution in [0.4, 0.5) is 0 Å². The molecule has 1 aliphatic rings. The smallest absolute Gasteiger partial charge is 0.267 e. The van der Waals surface area contributed by atoms with Crippen molar-refractivity contribution in [3.05, 3.63) is 39.9 Å². The highest BCUT2D eigenvalue weighted by Gasteiger charge is 2.28. The second kappa shape index (κ2) is 6.38. The summed E-state index contributed by atoms with van der Waals surface area (Å²) in [7, 11) is -4.08. The van der Waals surface area contributed by atoms with Crippen molar-refractivity contribution in [1.82, 2.24) is 4.72 Å². The highest BCUT2D eigenvalue weighted by atomic mass is 35.5. The van der Waals surface area contributed by atoms with E-state index >= 15 is 0 Å². The van der Waals surface area contributed by atoms with Gasteiger partial charge in [-0.15, -0.1) is 0 Å². The Morgan fingerprint density at radius 2 is 2.00 bits per heavy atom. The average Bonchev–Trinajstić information content (AvgIpc) is 2.43. The molecular formula is C14H15Cl2NO3S. The van der Waals surface area contributed by atoms with E-state index in [0.717, 1.165) is 6.42 Å². The predicted molar refractivity (Wildman–Crippen MR) is 83.0 cm³/mol. The number of sulfonamides is 1. The largest absolute Gasteiger partial charge is 0.274 e. The van der Waals surface area contributed by atoms with E-state index in [1.807, 2.05) is 12.2 Å². The Morgan fingerprint density at radius 3 is 2.62 bits per heavy atom. The van der Waals surface area contributed by atoms with Gasteiger partial charge in [-0.2, -0.15) is 0 Å². The molecule has 0 aliphatic heterocycles. The predicted octanol–water partition coefficient (Wildman–Crippen LogP) is 3.46. The normalized spacial score (nSPS) is 18.5. The molecule has 114 valence electrons. The molecule has 21 heavy (non-hydrogen) atoms. The highest BCUT2D eigenvalue weighted by molar-refractivity contribution is 7.90. The van der Waals surface area contributed by atoms with Crippen LogP contribution in [0, 0.1) is 12.8 Å². The summed E-state index contributed by atoms with van der Waals surface area (Å²) in [5.41, 5.74) is 0.578. The SMILES string of the molecule is Cc1ccc(Cl)c(S(=O)(=O)NC(=O)C2CC=CCC2)c1Cl. The number of allylic oxidation sites excluding steroid dienone is 2. The number of nitrogens with one attached hydrogen (secondary N) is 1. The zero-order chi connectivity index (χ0) is 15.6. The van der Waals surface area contributed by atoms with Crippen LogP contribution in [0.5, 0.6) is 0 Å². The van der Waals surface area contributed by atoms with Crippen molar-refractivity contribution in [2.45, 2.75) is 31.1 Å². The molecule has 0 saturated heterocycles. The Balaban J connectivity index is 2.29. The van der Waals surface area contributed by atoms with Crippen LogP contribution in [-0.4, -0.2) is 14.3 Å². The molecule has 1 aromatic carbocycles. The minimum atomic E-state index is -4.08. The fourth-order valence-corrected chi connectivity index (χ4v) is 4.41. The number of halogens is 2. The third kappa shape index (κ3) is 3.59. The van der Waals surface area contributed by atoms with E-state index in [-0.39, 0.29) is 20.9 Å². The molecule has 0 fully saturated rings. The highest BCUT2D eigenvalue weighted by Crippen LogP contribution is 2.32. The van der Waals surface area contributed by atoms with Crippen molar-refractivity contribution in [2.24, 2.45) is 5.92 Å². The maximum absolute atomic E-state index is 12.4. The van der Waals surface area contributed by atoms with Crippen LogP contribution in [0.2, 0.25) is 10.0 Å². The second-order valence-corrected chi connectivity index (χ2v) is 7.36. The molecule has 1 aliphatic carbocycles. The summed E-state index contributed by atoms with van der Waals surface area (Å²) in [6.07, 6.45) is 5.80. The summed E-state index contributed by atoms with van der Waals surface area (Å²) in [6.45, 7) is 1.67. The van der Waals surface area contributed by atoms with Crippen LogP contribution in [-0.2, 0) is 14.8 Å². The number of amides is 1. The van der Waals surface area contributed by atoms with Crippen LogP contribution in [0.1, 0.15) is 24.8 Å².